The van der Waals surface area contributed by atoms with Crippen LogP contribution in [0.3, 0.4) is 0 Å². The lowest BCUT2D eigenvalue weighted by Gasteiger charge is -2.20. The molecule has 0 saturated heterocycles. The fourth-order valence-electron chi connectivity index (χ4n) is 2.13. The molecular formula is C18H16FN3O2. The molecule has 0 unspecified atom stereocenters. The van der Waals surface area contributed by atoms with Crippen molar-refractivity contribution in [3.8, 4) is 6.07 Å². The van der Waals surface area contributed by atoms with Gasteiger partial charge >= 0.3 is 0 Å². The zero-order valence-electron chi connectivity index (χ0n) is 13.1. The molecule has 2 aromatic rings. The average Bonchev–Trinajstić information content (AvgIpc) is 2.59. The van der Waals surface area contributed by atoms with Crippen LogP contribution >= 0.6 is 0 Å². The minimum absolute atomic E-state index is 0.161. The molecule has 122 valence electrons. The van der Waals surface area contributed by atoms with Crippen LogP contribution in [0, 0.1) is 17.1 Å². The maximum absolute atomic E-state index is 12.8. The van der Waals surface area contributed by atoms with Crippen molar-refractivity contribution in [2.24, 2.45) is 0 Å². The van der Waals surface area contributed by atoms with Gasteiger partial charge in [0.2, 0.25) is 11.8 Å². The van der Waals surface area contributed by atoms with Gasteiger partial charge in [-0.15, -0.1) is 0 Å². The van der Waals surface area contributed by atoms with Crippen LogP contribution in [-0.2, 0) is 16.1 Å². The zero-order valence-corrected chi connectivity index (χ0v) is 13.1. The summed E-state index contributed by atoms with van der Waals surface area (Å²) in [5, 5.41) is 11.6. The summed E-state index contributed by atoms with van der Waals surface area (Å²) in [6, 6.07) is 14.3. The first-order valence-electron chi connectivity index (χ1n) is 7.29. The van der Waals surface area contributed by atoms with Crippen LogP contribution < -0.4 is 10.2 Å². The third kappa shape index (κ3) is 4.65. The van der Waals surface area contributed by atoms with E-state index in [9.17, 15) is 14.0 Å². The standard InChI is InChI=1S/C18H16FN3O2/c1-13(23)22(17-4-2-3-15(9-17)10-20)12-18(24)21-11-14-5-7-16(19)8-6-14/h2-9H,11-12H2,1H3,(H,21,24). The quantitative estimate of drug-likeness (QED) is 0.917. The first-order chi connectivity index (χ1) is 11.5. The molecule has 2 rings (SSSR count). The number of rotatable bonds is 5. The van der Waals surface area contributed by atoms with Crippen molar-refractivity contribution in [3.05, 3.63) is 65.5 Å². The molecule has 0 bridgehead atoms. The molecule has 1 N–H and O–H groups in total. The molecule has 0 spiro atoms. The second-order valence-corrected chi connectivity index (χ2v) is 5.17. The van der Waals surface area contributed by atoms with E-state index < -0.39 is 0 Å². The predicted octanol–water partition coefficient (Wildman–Crippen LogP) is 2.37. The highest BCUT2D eigenvalue weighted by Gasteiger charge is 2.16. The SMILES string of the molecule is CC(=O)N(CC(=O)NCc1ccc(F)cc1)c1cccc(C#N)c1. The topological polar surface area (TPSA) is 73.2 Å². The summed E-state index contributed by atoms with van der Waals surface area (Å²) in [7, 11) is 0. The third-order valence-corrected chi connectivity index (χ3v) is 3.37. The number of benzene rings is 2. The Balaban J connectivity index is 2.02. The van der Waals surface area contributed by atoms with Gasteiger partial charge in [0.1, 0.15) is 12.4 Å². The molecule has 0 radical (unpaired) electrons. The molecule has 0 atom stereocenters. The lowest BCUT2D eigenvalue weighted by atomic mass is 10.2. The van der Waals surface area contributed by atoms with Crippen molar-refractivity contribution >= 4 is 17.5 Å². The van der Waals surface area contributed by atoms with E-state index >= 15 is 0 Å². The summed E-state index contributed by atoms with van der Waals surface area (Å²) in [6.45, 7) is 1.43. The molecule has 0 aromatic heterocycles. The summed E-state index contributed by atoms with van der Waals surface area (Å²) in [6.07, 6.45) is 0. The van der Waals surface area contributed by atoms with Gasteiger partial charge in [0.05, 0.1) is 11.6 Å². The Labute approximate surface area is 139 Å². The molecular weight excluding hydrogens is 309 g/mol. The summed E-state index contributed by atoms with van der Waals surface area (Å²) >= 11 is 0. The van der Waals surface area contributed by atoms with E-state index in [1.165, 1.54) is 24.0 Å². The summed E-state index contributed by atoms with van der Waals surface area (Å²) < 4.78 is 12.8. The van der Waals surface area contributed by atoms with Crippen LogP contribution in [0.15, 0.2) is 48.5 Å². The van der Waals surface area contributed by atoms with Gasteiger partial charge < -0.3 is 10.2 Å². The van der Waals surface area contributed by atoms with Gasteiger partial charge in [0.25, 0.3) is 0 Å². The normalized spacial score (nSPS) is 9.88. The number of halogens is 1. The van der Waals surface area contributed by atoms with Crippen molar-refractivity contribution < 1.29 is 14.0 Å². The molecule has 6 heteroatoms. The van der Waals surface area contributed by atoms with Gasteiger partial charge in [-0.3, -0.25) is 9.59 Å². The monoisotopic (exact) mass is 325 g/mol. The number of nitrogens with zero attached hydrogens (tertiary/aromatic N) is 2. The second kappa shape index (κ2) is 7.88. The van der Waals surface area contributed by atoms with Crippen LogP contribution in [-0.4, -0.2) is 18.4 Å². The maximum atomic E-state index is 12.8. The van der Waals surface area contributed by atoms with Crippen molar-refractivity contribution in [2.45, 2.75) is 13.5 Å². The Morgan fingerprint density at radius 2 is 1.92 bits per heavy atom. The molecule has 0 heterocycles. The molecule has 5 nitrogen and oxygen atoms in total. The highest BCUT2D eigenvalue weighted by molar-refractivity contribution is 5.97. The highest BCUT2D eigenvalue weighted by Crippen LogP contribution is 2.16. The number of nitriles is 1. The summed E-state index contributed by atoms with van der Waals surface area (Å²) in [5.74, 6) is -0.996. The molecule has 0 fully saturated rings. The molecule has 0 aliphatic heterocycles. The van der Waals surface area contributed by atoms with Crippen LogP contribution in [0.4, 0.5) is 10.1 Å². The van der Waals surface area contributed by atoms with Crippen LogP contribution in [0.25, 0.3) is 0 Å². The first-order valence-corrected chi connectivity index (χ1v) is 7.29. The Kier molecular flexibility index (Phi) is 5.63. The smallest absolute Gasteiger partial charge is 0.240 e. The number of hydrogen-bond donors (Lipinski definition) is 1. The Morgan fingerprint density at radius 3 is 2.54 bits per heavy atom. The highest BCUT2D eigenvalue weighted by atomic mass is 19.1. The van der Waals surface area contributed by atoms with Gasteiger partial charge in [-0.05, 0) is 35.9 Å². The summed E-state index contributed by atoms with van der Waals surface area (Å²) in [5.41, 5.74) is 1.65. The van der Waals surface area contributed by atoms with Crippen molar-refractivity contribution in [2.75, 3.05) is 11.4 Å². The molecule has 0 aliphatic rings. The summed E-state index contributed by atoms with van der Waals surface area (Å²) in [4.78, 5) is 25.2. The second-order valence-electron chi connectivity index (χ2n) is 5.17. The van der Waals surface area contributed by atoms with E-state index in [1.807, 2.05) is 6.07 Å². The average molecular weight is 325 g/mol. The molecule has 2 amide bonds. The van der Waals surface area contributed by atoms with Gasteiger partial charge in [0, 0.05) is 19.2 Å². The minimum atomic E-state index is -0.350. The van der Waals surface area contributed by atoms with Gasteiger partial charge in [-0.2, -0.15) is 5.26 Å². The Bertz CT molecular complexity index is 782. The molecule has 2 aromatic carbocycles. The number of amides is 2. The van der Waals surface area contributed by atoms with E-state index in [4.69, 9.17) is 5.26 Å². The predicted molar refractivity (Wildman–Crippen MR) is 87.4 cm³/mol. The van der Waals surface area contributed by atoms with Crippen LogP contribution in [0.2, 0.25) is 0 Å². The van der Waals surface area contributed by atoms with E-state index in [2.05, 4.69) is 5.32 Å². The Hall–Kier alpha value is -3.20. The number of anilines is 1. The molecule has 0 aliphatic carbocycles. The molecule has 0 saturated carbocycles. The number of nitrogens with one attached hydrogen (secondary N) is 1. The number of hydrogen-bond acceptors (Lipinski definition) is 3. The lowest BCUT2D eigenvalue weighted by Crippen LogP contribution is -2.39. The van der Waals surface area contributed by atoms with E-state index in [-0.39, 0.29) is 30.7 Å². The van der Waals surface area contributed by atoms with Gasteiger partial charge in [-0.1, -0.05) is 18.2 Å². The largest absolute Gasteiger partial charge is 0.350 e. The van der Waals surface area contributed by atoms with E-state index in [0.29, 0.717) is 11.3 Å². The van der Waals surface area contributed by atoms with Crippen molar-refractivity contribution in [3.63, 3.8) is 0 Å². The van der Waals surface area contributed by atoms with Crippen LogP contribution in [0.1, 0.15) is 18.1 Å². The van der Waals surface area contributed by atoms with Crippen LogP contribution in [0.5, 0.6) is 0 Å². The minimum Gasteiger partial charge on any atom is -0.350 e. The van der Waals surface area contributed by atoms with Crippen molar-refractivity contribution in [1.82, 2.24) is 5.32 Å². The zero-order chi connectivity index (χ0) is 17.5. The third-order valence-electron chi connectivity index (χ3n) is 3.37. The number of carbonyl (C=O) groups excluding carboxylic acids is 2. The van der Waals surface area contributed by atoms with E-state index in [0.717, 1.165) is 5.56 Å². The fourth-order valence-corrected chi connectivity index (χ4v) is 2.13. The first kappa shape index (κ1) is 17.2. The van der Waals surface area contributed by atoms with Gasteiger partial charge in [-0.25, -0.2) is 4.39 Å². The van der Waals surface area contributed by atoms with Gasteiger partial charge in [0.15, 0.2) is 0 Å². The number of carbonyl (C=O) groups is 2. The van der Waals surface area contributed by atoms with E-state index in [1.54, 1.807) is 36.4 Å². The fraction of sp³-hybridized carbons (Fsp3) is 0.167. The lowest BCUT2D eigenvalue weighted by molar-refractivity contribution is -0.123. The molecule has 24 heavy (non-hydrogen) atoms. The Morgan fingerprint density at radius 1 is 1.21 bits per heavy atom. The maximum Gasteiger partial charge on any atom is 0.240 e. The van der Waals surface area contributed by atoms with Crippen molar-refractivity contribution in [1.29, 1.82) is 5.26 Å².